The maximum absolute atomic E-state index is 10.6. The van der Waals surface area contributed by atoms with Crippen LogP contribution in [0.5, 0.6) is 0 Å². The molecule has 2 N–H and O–H groups in total. The van der Waals surface area contributed by atoms with Crippen molar-refractivity contribution in [1.82, 2.24) is 5.32 Å². The van der Waals surface area contributed by atoms with Gasteiger partial charge >= 0.3 is 0 Å². The Balaban J connectivity index is 1.45. The lowest BCUT2D eigenvalue weighted by Gasteiger charge is -2.58. The summed E-state index contributed by atoms with van der Waals surface area (Å²) < 4.78 is 0. The van der Waals surface area contributed by atoms with Gasteiger partial charge in [0.25, 0.3) is 0 Å². The zero-order valence-corrected chi connectivity index (χ0v) is 11.4. The Morgan fingerprint density at radius 2 is 1.74 bits per heavy atom. The number of hydrogen-bond donors (Lipinski definition) is 2. The van der Waals surface area contributed by atoms with Crippen LogP contribution in [0.15, 0.2) is 30.3 Å². The largest absolute Gasteiger partial charge is 0.390 e. The van der Waals surface area contributed by atoms with Crippen LogP contribution in [-0.2, 0) is 6.54 Å². The first-order valence-electron chi connectivity index (χ1n) is 7.72. The minimum absolute atomic E-state index is 0.304. The molecule has 2 atom stereocenters. The number of nitrogens with one attached hydrogen (secondary N) is 1. The predicted molar refractivity (Wildman–Crippen MR) is 75.6 cm³/mol. The van der Waals surface area contributed by atoms with Gasteiger partial charge in [-0.2, -0.15) is 0 Å². The highest BCUT2D eigenvalue weighted by molar-refractivity contribution is 5.15. The molecule has 1 aromatic rings. The van der Waals surface area contributed by atoms with Crippen molar-refractivity contribution in [1.29, 1.82) is 0 Å². The molecule has 2 nitrogen and oxygen atoms in total. The molecule has 102 valence electrons. The van der Waals surface area contributed by atoms with Crippen molar-refractivity contribution in [2.45, 2.75) is 50.3 Å². The highest BCUT2D eigenvalue weighted by Crippen LogP contribution is 2.55. The maximum atomic E-state index is 10.6. The van der Waals surface area contributed by atoms with E-state index in [0.29, 0.717) is 17.9 Å². The highest BCUT2D eigenvalue weighted by Gasteiger charge is 2.54. The average molecular weight is 257 g/mol. The molecule has 0 aliphatic heterocycles. The van der Waals surface area contributed by atoms with Gasteiger partial charge in [0.15, 0.2) is 0 Å². The summed E-state index contributed by atoms with van der Waals surface area (Å²) in [5, 5.41) is 14.4. The fraction of sp³-hybridized carbons (Fsp3) is 0.647. The number of aliphatic hydroxyl groups is 1. The van der Waals surface area contributed by atoms with Gasteiger partial charge in [-0.15, -0.1) is 0 Å². The van der Waals surface area contributed by atoms with Crippen molar-refractivity contribution in [3.05, 3.63) is 35.9 Å². The molecule has 5 rings (SSSR count). The van der Waals surface area contributed by atoms with E-state index in [-0.39, 0.29) is 5.60 Å². The van der Waals surface area contributed by atoms with Gasteiger partial charge in [0, 0.05) is 12.6 Å². The van der Waals surface area contributed by atoms with E-state index in [1.54, 1.807) is 0 Å². The van der Waals surface area contributed by atoms with Crippen molar-refractivity contribution in [3.8, 4) is 0 Å². The Hall–Kier alpha value is -0.860. The molecule has 19 heavy (non-hydrogen) atoms. The second kappa shape index (κ2) is 4.32. The standard InChI is InChI=1S/C17H23NO/c19-17-8-13-6-14(9-17)16(15(7-13)10-17)18-11-12-4-2-1-3-5-12/h1-5,13-16,18-19H,6-11H2/t13?,14-,15-,16?,17?/m1/s1. The second-order valence-electron chi connectivity index (χ2n) is 7.09. The molecule has 2 heteroatoms. The molecule has 4 aliphatic rings. The normalized spacial score (nSPS) is 43.6. The Bertz CT molecular complexity index is 442. The van der Waals surface area contributed by atoms with Crippen LogP contribution in [0, 0.1) is 17.8 Å². The molecule has 0 amide bonds. The molecule has 0 aromatic heterocycles. The van der Waals surface area contributed by atoms with Gasteiger partial charge in [-0.1, -0.05) is 30.3 Å². The minimum atomic E-state index is -0.304. The smallest absolute Gasteiger partial charge is 0.0657 e. The molecule has 4 aliphatic carbocycles. The van der Waals surface area contributed by atoms with Crippen LogP contribution in [0.25, 0.3) is 0 Å². The molecule has 0 saturated heterocycles. The summed E-state index contributed by atoms with van der Waals surface area (Å²) in [7, 11) is 0. The monoisotopic (exact) mass is 257 g/mol. The zero-order chi connectivity index (χ0) is 12.9. The van der Waals surface area contributed by atoms with Gasteiger partial charge < -0.3 is 10.4 Å². The van der Waals surface area contributed by atoms with Crippen LogP contribution in [0.4, 0.5) is 0 Å². The predicted octanol–water partition coefficient (Wildman–Crippen LogP) is 2.72. The van der Waals surface area contributed by atoms with Gasteiger partial charge in [0.2, 0.25) is 0 Å². The summed E-state index contributed by atoms with van der Waals surface area (Å²) in [6, 6.07) is 11.3. The molecule has 0 spiro atoms. The number of hydrogen-bond acceptors (Lipinski definition) is 2. The minimum Gasteiger partial charge on any atom is -0.390 e. The van der Waals surface area contributed by atoms with E-state index < -0.39 is 0 Å². The van der Waals surface area contributed by atoms with Crippen LogP contribution in [0.1, 0.15) is 37.7 Å². The second-order valence-corrected chi connectivity index (χ2v) is 7.09. The van der Waals surface area contributed by atoms with E-state index in [1.807, 2.05) is 0 Å². The molecule has 4 fully saturated rings. The van der Waals surface area contributed by atoms with E-state index in [9.17, 15) is 5.11 Å². The Labute approximate surface area is 115 Å². The third-order valence-corrected chi connectivity index (χ3v) is 5.63. The third kappa shape index (κ3) is 2.11. The number of benzene rings is 1. The quantitative estimate of drug-likeness (QED) is 0.872. The average Bonchev–Trinajstić information content (AvgIpc) is 2.37. The molecular weight excluding hydrogens is 234 g/mol. The lowest BCUT2D eigenvalue weighted by Crippen LogP contribution is -2.60. The van der Waals surface area contributed by atoms with Crippen molar-refractivity contribution in [2.75, 3.05) is 0 Å². The van der Waals surface area contributed by atoms with E-state index >= 15 is 0 Å². The van der Waals surface area contributed by atoms with Crippen LogP contribution in [0.2, 0.25) is 0 Å². The molecule has 1 aromatic carbocycles. The molecule has 4 bridgehead atoms. The molecule has 4 saturated carbocycles. The molecule has 0 unspecified atom stereocenters. The summed E-state index contributed by atoms with van der Waals surface area (Å²) in [6.45, 7) is 0.974. The van der Waals surface area contributed by atoms with Gasteiger partial charge in [-0.25, -0.2) is 0 Å². The topological polar surface area (TPSA) is 32.3 Å². The summed E-state index contributed by atoms with van der Waals surface area (Å²) in [5.41, 5.74) is 1.07. The van der Waals surface area contributed by atoms with Gasteiger partial charge in [-0.05, 0) is 55.4 Å². The third-order valence-electron chi connectivity index (χ3n) is 5.63. The Morgan fingerprint density at radius 1 is 1.05 bits per heavy atom. The van der Waals surface area contributed by atoms with Crippen LogP contribution in [-0.4, -0.2) is 16.7 Å². The van der Waals surface area contributed by atoms with Gasteiger partial charge in [-0.3, -0.25) is 0 Å². The van der Waals surface area contributed by atoms with E-state index in [0.717, 1.165) is 31.7 Å². The fourth-order valence-corrected chi connectivity index (χ4v) is 5.15. The van der Waals surface area contributed by atoms with Crippen molar-refractivity contribution in [2.24, 2.45) is 17.8 Å². The van der Waals surface area contributed by atoms with E-state index in [1.165, 1.54) is 18.4 Å². The van der Waals surface area contributed by atoms with Gasteiger partial charge in [0.1, 0.15) is 0 Å². The lowest BCUT2D eigenvalue weighted by molar-refractivity contribution is -0.138. The highest BCUT2D eigenvalue weighted by atomic mass is 16.3. The Morgan fingerprint density at radius 3 is 2.37 bits per heavy atom. The van der Waals surface area contributed by atoms with Crippen LogP contribution < -0.4 is 5.32 Å². The summed E-state index contributed by atoms with van der Waals surface area (Å²) >= 11 is 0. The van der Waals surface area contributed by atoms with Crippen molar-refractivity contribution >= 4 is 0 Å². The van der Waals surface area contributed by atoms with Crippen molar-refractivity contribution in [3.63, 3.8) is 0 Å². The summed E-state index contributed by atoms with van der Waals surface area (Å²) in [4.78, 5) is 0. The van der Waals surface area contributed by atoms with Gasteiger partial charge in [0.05, 0.1) is 5.60 Å². The molecule has 0 radical (unpaired) electrons. The first-order valence-corrected chi connectivity index (χ1v) is 7.72. The SMILES string of the molecule is OC12CC3C[C@H](C1)C(NCc1ccccc1)[C@H](C3)C2. The number of rotatable bonds is 3. The van der Waals surface area contributed by atoms with E-state index in [4.69, 9.17) is 0 Å². The lowest BCUT2D eigenvalue weighted by atomic mass is 9.52. The summed E-state index contributed by atoms with van der Waals surface area (Å²) in [5.74, 6) is 2.22. The summed E-state index contributed by atoms with van der Waals surface area (Å²) in [6.07, 6.45) is 5.82. The Kier molecular flexibility index (Phi) is 2.71. The van der Waals surface area contributed by atoms with Crippen molar-refractivity contribution < 1.29 is 5.11 Å². The fourth-order valence-electron chi connectivity index (χ4n) is 5.15. The molecular formula is C17H23NO. The zero-order valence-electron chi connectivity index (χ0n) is 11.4. The van der Waals surface area contributed by atoms with E-state index in [2.05, 4.69) is 35.6 Å². The maximum Gasteiger partial charge on any atom is 0.0657 e. The first kappa shape index (κ1) is 11.9. The van der Waals surface area contributed by atoms with Crippen LogP contribution in [0.3, 0.4) is 0 Å². The van der Waals surface area contributed by atoms with Crippen LogP contribution >= 0.6 is 0 Å². The molecule has 0 heterocycles. The first-order chi connectivity index (χ1) is 9.22.